The topological polar surface area (TPSA) is 69.7 Å². The molecule has 2 aliphatic heterocycles. The van der Waals surface area contributed by atoms with Crippen LogP contribution in [0.2, 0.25) is 0 Å². The molecule has 1 spiro atoms. The highest BCUT2D eigenvalue weighted by Crippen LogP contribution is 2.38. The lowest BCUT2D eigenvalue weighted by atomic mass is 9.73. The van der Waals surface area contributed by atoms with Gasteiger partial charge in [0, 0.05) is 13.1 Å². The number of likely N-dealkylation sites (tertiary alicyclic amines) is 1. The molecule has 2 heterocycles. The summed E-state index contributed by atoms with van der Waals surface area (Å²) in [5, 5.41) is 2.91. The fourth-order valence-corrected chi connectivity index (χ4v) is 4.19. The van der Waals surface area contributed by atoms with Crippen molar-refractivity contribution in [3.05, 3.63) is 0 Å². The van der Waals surface area contributed by atoms with Gasteiger partial charge >= 0.3 is 6.03 Å². The second-order valence-corrected chi connectivity index (χ2v) is 7.23. The smallest absolute Gasteiger partial charge is 0.325 e. The lowest BCUT2D eigenvalue weighted by Crippen LogP contribution is -2.54. The fraction of sp³-hybridized carbons (Fsp3) is 0.824. The van der Waals surface area contributed by atoms with Gasteiger partial charge in [0.15, 0.2) is 0 Å². The van der Waals surface area contributed by atoms with Gasteiger partial charge in [-0.3, -0.25) is 14.5 Å². The molecular weight excluding hydrogens is 294 g/mol. The molecule has 23 heavy (non-hydrogen) atoms. The van der Waals surface area contributed by atoms with E-state index in [4.69, 9.17) is 0 Å². The molecular formula is C17H27N3O3. The third-order valence-electron chi connectivity index (χ3n) is 5.75. The largest absolute Gasteiger partial charge is 0.341 e. The summed E-state index contributed by atoms with van der Waals surface area (Å²) in [7, 11) is 0. The van der Waals surface area contributed by atoms with E-state index in [9.17, 15) is 14.4 Å². The molecule has 0 bridgehead atoms. The van der Waals surface area contributed by atoms with Crippen molar-refractivity contribution < 1.29 is 14.4 Å². The van der Waals surface area contributed by atoms with E-state index in [0.717, 1.165) is 62.9 Å². The lowest BCUT2D eigenvalue weighted by Gasteiger charge is -2.36. The number of hydrogen-bond acceptors (Lipinski definition) is 3. The third-order valence-corrected chi connectivity index (χ3v) is 5.75. The molecule has 2 saturated heterocycles. The van der Waals surface area contributed by atoms with Crippen molar-refractivity contribution >= 4 is 17.8 Å². The van der Waals surface area contributed by atoms with Crippen LogP contribution in [0.5, 0.6) is 0 Å². The molecule has 1 aliphatic carbocycles. The van der Waals surface area contributed by atoms with E-state index in [1.165, 1.54) is 0 Å². The van der Waals surface area contributed by atoms with E-state index in [2.05, 4.69) is 5.32 Å². The van der Waals surface area contributed by atoms with Crippen molar-refractivity contribution in [3.63, 3.8) is 0 Å². The average molecular weight is 321 g/mol. The third kappa shape index (κ3) is 2.95. The molecule has 3 fully saturated rings. The van der Waals surface area contributed by atoms with Crippen LogP contribution in [0.4, 0.5) is 4.79 Å². The second-order valence-electron chi connectivity index (χ2n) is 7.23. The molecule has 2 unspecified atom stereocenters. The Kier molecular flexibility index (Phi) is 4.60. The highest BCUT2D eigenvalue weighted by atomic mass is 16.2. The van der Waals surface area contributed by atoms with Crippen LogP contribution in [-0.2, 0) is 9.59 Å². The van der Waals surface area contributed by atoms with Crippen molar-refractivity contribution in [2.24, 2.45) is 5.92 Å². The monoisotopic (exact) mass is 321 g/mol. The van der Waals surface area contributed by atoms with Gasteiger partial charge in [-0.15, -0.1) is 0 Å². The van der Waals surface area contributed by atoms with Crippen molar-refractivity contribution in [3.8, 4) is 0 Å². The van der Waals surface area contributed by atoms with Gasteiger partial charge in [0.2, 0.25) is 5.91 Å². The summed E-state index contributed by atoms with van der Waals surface area (Å²) in [4.78, 5) is 40.6. The first kappa shape index (κ1) is 16.3. The Morgan fingerprint density at radius 1 is 1.13 bits per heavy atom. The standard InChI is InChI=1S/C17H27N3O3/c1-13-8-4-5-9-17(13)15(22)20(16(23)18-17)12-14(21)19-10-6-2-3-7-11-19/h13H,2-12H2,1H3,(H,18,23). The predicted molar refractivity (Wildman–Crippen MR) is 85.7 cm³/mol. The van der Waals surface area contributed by atoms with Crippen LogP contribution in [-0.4, -0.2) is 52.8 Å². The maximum Gasteiger partial charge on any atom is 0.325 e. The zero-order chi connectivity index (χ0) is 16.4. The van der Waals surface area contributed by atoms with Gasteiger partial charge in [0.05, 0.1) is 0 Å². The first-order valence-electron chi connectivity index (χ1n) is 8.96. The van der Waals surface area contributed by atoms with Crippen LogP contribution >= 0.6 is 0 Å². The summed E-state index contributed by atoms with van der Waals surface area (Å²) in [6.45, 7) is 3.39. The number of nitrogens with zero attached hydrogens (tertiary/aromatic N) is 2. The Labute approximate surface area is 137 Å². The molecule has 6 nitrogen and oxygen atoms in total. The SMILES string of the molecule is CC1CCCCC12NC(=O)N(CC(=O)N1CCCCCC1)C2=O. The molecule has 128 valence electrons. The van der Waals surface area contributed by atoms with Gasteiger partial charge in [-0.1, -0.05) is 32.6 Å². The average Bonchev–Trinajstić information content (AvgIpc) is 2.75. The summed E-state index contributed by atoms with van der Waals surface area (Å²) in [6.07, 6.45) is 7.98. The number of urea groups is 1. The normalized spacial score (nSPS) is 32.1. The van der Waals surface area contributed by atoms with E-state index in [0.29, 0.717) is 6.42 Å². The minimum absolute atomic E-state index is 0.101. The molecule has 2 atom stereocenters. The number of imide groups is 1. The molecule has 1 saturated carbocycles. The van der Waals surface area contributed by atoms with Crippen molar-refractivity contribution in [2.45, 2.75) is 63.8 Å². The molecule has 0 radical (unpaired) electrons. The summed E-state index contributed by atoms with van der Waals surface area (Å²) in [5.74, 6) is -0.167. The minimum Gasteiger partial charge on any atom is -0.341 e. The van der Waals surface area contributed by atoms with Gasteiger partial charge < -0.3 is 10.2 Å². The van der Waals surface area contributed by atoms with Crippen molar-refractivity contribution in [2.75, 3.05) is 19.6 Å². The molecule has 6 heteroatoms. The zero-order valence-electron chi connectivity index (χ0n) is 14.0. The van der Waals surface area contributed by atoms with E-state index in [1.54, 1.807) is 0 Å². The molecule has 0 aromatic rings. The highest BCUT2D eigenvalue weighted by Gasteiger charge is 2.55. The van der Waals surface area contributed by atoms with E-state index in [-0.39, 0.29) is 24.3 Å². The van der Waals surface area contributed by atoms with Gasteiger partial charge in [-0.25, -0.2) is 4.79 Å². The van der Waals surface area contributed by atoms with E-state index in [1.807, 2.05) is 11.8 Å². The van der Waals surface area contributed by atoms with Crippen LogP contribution in [0.15, 0.2) is 0 Å². The van der Waals surface area contributed by atoms with E-state index >= 15 is 0 Å². The van der Waals surface area contributed by atoms with Crippen molar-refractivity contribution in [1.29, 1.82) is 0 Å². The van der Waals surface area contributed by atoms with Gasteiger partial charge in [-0.2, -0.15) is 0 Å². The van der Waals surface area contributed by atoms with E-state index < -0.39 is 11.6 Å². The highest BCUT2D eigenvalue weighted by molar-refractivity contribution is 6.09. The summed E-state index contributed by atoms with van der Waals surface area (Å²) in [6, 6.07) is -0.396. The number of carbonyl (C=O) groups is 3. The number of rotatable bonds is 2. The predicted octanol–water partition coefficient (Wildman–Crippen LogP) is 1.89. The summed E-state index contributed by atoms with van der Waals surface area (Å²) < 4.78 is 0. The number of amides is 4. The summed E-state index contributed by atoms with van der Waals surface area (Å²) in [5.41, 5.74) is -0.769. The zero-order valence-corrected chi connectivity index (χ0v) is 14.0. The molecule has 1 N–H and O–H groups in total. The minimum atomic E-state index is -0.769. The van der Waals surface area contributed by atoms with Crippen LogP contribution in [0.1, 0.15) is 58.3 Å². The van der Waals surface area contributed by atoms with Crippen LogP contribution < -0.4 is 5.32 Å². The molecule has 4 amide bonds. The number of carbonyl (C=O) groups excluding carboxylic acids is 3. The Balaban J connectivity index is 1.69. The Hall–Kier alpha value is -1.59. The maximum absolute atomic E-state index is 12.9. The molecule has 0 aromatic carbocycles. The van der Waals surface area contributed by atoms with Gasteiger partial charge in [-0.05, 0) is 31.6 Å². The molecule has 3 aliphatic rings. The fourth-order valence-electron chi connectivity index (χ4n) is 4.19. The Morgan fingerprint density at radius 2 is 1.83 bits per heavy atom. The van der Waals surface area contributed by atoms with Crippen LogP contribution in [0, 0.1) is 5.92 Å². The molecule has 0 aromatic heterocycles. The first-order chi connectivity index (χ1) is 11.0. The summed E-state index contributed by atoms with van der Waals surface area (Å²) >= 11 is 0. The Morgan fingerprint density at radius 3 is 2.48 bits per heavy atom. The van der Waals surface area contributed by atoms with Gasteiger partial charge in [0.25, 0.3) is 5.91 Å². The Bertz CT molecular complexity index is 499. The number of hydrogen-bond donors (Lipinski definition) is 1. The quantitative estimate of drug-likeness (QED) is 0.790. The lowest BCUT2D eigenvalue weighted by molar-refractivity contribution is -0.140. The maximum atomic E-state index is 12.9. The first-order valence-corrected chi connectivity index (χ1v) is 8.96. The van der Waals surface area contributed by atoms with Crippen LogP contribution in [0.25, 0.3) is 0 Å². The van der Waals surface area contributed by atoms with Crippen LogP contribution in [0.3, 0.4) is 0 Å². The van der Waals surface area contributed by atoms with Crippen molar-refractivity contribution in [1.82, 2.24) is 15.1 Å². The van der Waals surface area contributed by atoms with Gasteiger partial charge in [0.1, 0.15) is 12.1 Å². The second kappa shape index (κ2) is 6.49. The number of nitrogens with one attached hydrogen (secondary N) is 1. The molecule has 3 rings (SSSR count).